The van der Waals surface area contributed by atoms with Crippen molar-refractivity contribution in [3.8, 4) is 44.5 Å². The van der Waals surface area contributed by atoms with Crippen LogP contribution in [0.2, 0.25) is 0 Å². The van der Waals surface area contributed by atoms with Crippen LogP contribution in [-0.2, 0) is 21.7 Å². The molecule has 582 valence electrons. The molecule has 3 nitrogen and oxygen atoms in total. The second kappa shape index (κ2) is 31.4. The van der Waals surface area contributed by atoms with Gasteiger partial charge in [-0.2, -0.15) is 0 Å². The highest BCUT2D eigenvalue weighted by atomic mass is 16.3. The molecule has 0 fully saturated rings. The molecule has 15 aromatic rings. The van der Waals surface area contributed by atoms with Gasteiger partial charge >= 0.3 is 0 Å². The van der Waals surface area contributed by atoms with Gasteiger partial charge in [0, 0.05) is 49.3 Å². The van der Waals surface area contributed by atoms with Crippen molar-refractivity contribution in [2.45, 2.75) is 224 Å². The summed E-state index contributed by atoms with van der Waals surface area (Å²) in [5, 5.41) is 4.85. The van der Waals surface area contributed by atoms with Crippen molar-refractivity contribution in [2.75, 3.05) is 4.90 Å². The lowest BCUT2D eigenvalue weighted by molar-refractivity contribution is 0.369. The van der Waals surface area contributed by atoms with Gasteiger partial charge < -0.3 is 13.7 Å². The zero-order valence-corrected chi connectivity index (χ0v) is 69.6. The Hall–Kier alpha value is -10.7. The van der Waals surface area contributed by atoms with Crippen molar-refractivity contribution in [1.82, 2.24) is 0 Å². The summed E-state index contributed by atoms with van der Waals surface area (Å²) in [5.74, 6) is 0. The van der Waals surface area contributed by atoms with Crippen molar-refractivity contribution < 1.29 is 8.83 Å². The van der Waals surface area contributed by atoms with E-state index in [0.29, 0.717) is 0 Å². The van der Waals surface area contributed by atoms with Crippen molar-refractivity contribution in [1.29, 1.82) is 0 Å². The van der Waals surface area contributed by atoms with Crippen LogP contribution in [0.15, 0.2) is 276 Å². The second-order valence-corrected chi connectivity index (χ2v) is 35.1. The first kappa shape index (κ1) is 75.3. The Morgan fingerprint density at radius 3 is 1.22 bits per heavy atom. The Morgan fingerprint density at radius 1 is 0.276 bits per heavy atom. The van der Waals surface area contributed by atoms with Gasteiger partial charge in [0.1, 0.15) is 22.3 Å². The molecule has 2 aromatic heterocycles. The summed E-state index contributed by atoms with van der Waals surface area (Å²) in [6.07, 6.45) is 29.4. The molecule has 0 amide bonds. The van der Waals surface area contributed by atoms with Crippen molar-refractivity contribution in [3.05, 3.63) is 350 Å². The largest absolute Gasteiger partial charge is 0.456 e. The van der Waals surface area contributed by atoms with Crippen LogP contribution in [0, 0.1) is 20.8 Å². The van der Waals surface area contributed by atoms with Crippen LogP contribution in [0.5, 0.6) is 0 Å². The Bertz CT molecular complexity index is 6020. The highest BCUT2D eigenvalue weighted by Gasteiger charge is 2.56. The minimum absolute atomic E-state index is 0.190. The lowest BCUT2D eigenvalue weighted by Gasteiger charge is -2.40. The normalized spacial score (nSPS) is 14.6. The maximum absolute atomic E-state index is 7.68. The van der Waals surface area contributed by atoms with Crippen LogP contribution in [0.3, 0.4) is 0 Å². The van der Waals surface area contributed by atoms with Crippen LogP contribution >= 0.6 is 0 Å². The molecule has 19 rings (SSSR count). The molecule has 0 bridgehead atoms. The number of anilines is 3. The van der Waals surface area contributed by atoms with Gasteiger partial charge in [-0.15, -0.1) is 0 Å². The second-order valence-electron chi connectivity index (χ2n) is 35.1. The SMILES string of the molecule is CCCCCCCC1(CCCCCCC)c2ccccc2-c2c1c1c(c3c2oc2ccccc23)-c2ccc(N(c3ccc4c(c3)C(c3ccccc3)(c3ccccc3)c3cc5c(cc3-4)C(c3ccccc3)(c3ccccc3)c3ccc4oc6ccccc6c4c3-5)c3c(C)cc(C)cc3C)cc2C1(CCCCCCC)CCCCCCC. The van der Waals surface area contributed by atoms with E-state index in [2.05, 4.69) is 320 Å². The highest BCUT2D eigenvalue weighted by Crippen LogP contribution is 2.70. The van der Waals surface area contributed by atoms with E-state index in [4.69, 9.17) is 8.83 Å². The number of para-hydroxylation sites is 2. The minimum Gasteiger partial charge on any atom is -0.456 e. The number of aryl methyl sites for hydroxylation is 3. The van der Waals surface area contributed by atoms with Gasteiger partial charge in [0.25, 0.3) is 0 Å². The van der Waals surface area contributed by atoms with Crippen molar-refractivity contribution >= 4 is 60.9 Å². The number of furan rings is 2. The topological polar surface area (TPSA) is 29.5 Å². The summed E-state index contributed by atoms with van der Waals surface area (Å²) >= 11 is 0. The van der Waals surface area contributed by atoms with Gasteiger partial charge in [0.05, 0.1) is 16.5 Å². The average molecular weight is 1520 g/mol. The third-order valence-electron chi connectivity index (χ3n) is 28.2. The molecule has 0 aliphatic heterocycles. The molecule has 0 saturated heterocycles. The zero-order valence-electron chi connectivity index (χ0n) is 69.6. The molecule has 3 heteroatoms. The van der Waals surface area contributed by atoms with Crippen LogP contribution in [0.4, 0.5) is 17.1 Å². The number of fused-ring (bicyclic) bond motifs is 22. The predicted molar refractivity (Wildman–Crippen MR) is 490 cm³/mol. The van der Waals surface area contributed by atoms with Gasteiger partial charge in [-0.05, 0) is 218 Å². The molecular weight excluding hydrogens is 1400 g/mol. The van der Waals surface area contributed by atoms with Gasteiger partial charge in [0.2, 0.25) is 0 Å². The highest BCUT2D eigenvalue weighted by molar-refractivity contribution is 6.21. The third-order valence-corrected chi connectivity index (χ3v) is 28.2. The average Bonchev–Trinajstić information content (AvgIpc) is 1.64. The fraction of sp³-hybridized carbons (Fsp3) is 0.310. The van der Waals surface area contributed by atoms with E-state index in [1.54, 1.807) is 16.7 Å². The number of nitrogens with zero attached hydrogens (tertiary/aromatic N) is 1. The number of hydrogen-bond donors (Lipinski definition) is 0. The van der Waals surface area contributed by atoms with E-state index < -0.39 is 10.8 Å². The fourth-order valence-corrected chi connectivity index (χ4v) is 23.4. The van der Waals surface area contributed by atoms with Crippen molar-refractivity contribution in [3.63, 3.8) is 0 Å². The van der Waals surface area contributed by atoms with E-state index >= 15 is 0 Å². The summed E-state index contributed by atoms with van der Waals surface area (Å²) in [5.41, 5.74) is 36.4. The molecule has 4 aliphatic carbocycles. The Labute approximate surface area is 689 Å². The molecule has 13 aromatic carbocycles. The zero-order chi connectivity index (χ0) is 78.7. The maximum atomic E-state index is 7.68. The first-order chi connectivity index (χ1) is 57.1. The molecule has 0 unspecified atom stereocenters. The molecule has 0 radical (unpaired) electrons. The number of unbranched alkanes of at least 4 members (excludes halogenated alkanes) is 16. The molecular formula is C113H113NO2. The van der Waals surface area contributed by atoms with Crippen LogP contribution in [0.25, 0.3) is 88.4 Å². The van der Waals surface area contributed by atoms with Crippen molar-refractivity contribution in [2.24, 2.45) is 0 Å². The van der Waals surface area contributed by atoms with E-state index in [1.807, 2.05) is 0 Å². The third kappa shape index (κ3) is 11.9. The number of rotatable bonds is 31. The molecule has 0 N–H and O–H groups in total. The predicted octanol–water partition coefficient (Wildman–Crippen LogP) is 32.6. The van der Waals surface area contributed by atoms with Crippen LogP contribution in [-0.4, -0.2) is 0 Å². The monoisotopic (exact) mass is 1520 g/mol. The van der Waals surface area contributed by atoms with Gasteiger partial charge in [-0.25, -0.2) is 0 Å². The number of hydrogen-bond acceptors (Lipinski definition) is 3. The molecule has 2 heterocycles. The number of benzene rings is 13. The molecule has 0 saturated carbocycles. The maximum Gasteiger partial charge on any atom is 0.144 e. The molecule has 4 aliphatic rings. The molecule has 0 atom stereocenters. The smallest absolute Gasteiger partial charge is 0.144 e. The Balaban J connectivity index is 0.894. The summed E-state index contributed by atoms with van der Waals surface area (Å²) < 4.78 is 14.6. The summed E-state index contributed by atoms with van der Waals surface area (Å²) in [6.45, 7) is 16.5. The van der Waals surface area contributed by atoms with Crippen LogP contribution < -0.4 is 4.90 Å². The van der Waals surface area contributed by atoms with Gasteiger partial charge in [-0.1, -0.05) is 374 Å². The lowest BCUT2D eigenvalue weighted by Crippen LogP contribution is -2.33. The lowest BCUT2D eigenvalue weighted by atomic mass is 9.62. The first-order valence-corrected chi connectivity index (χ1v) is 44.8. The van der Waals surface area contributed by atoms with Gasteiger partial charge in [0.15, 0.2) is 0 Å². The summed E-state index contributed by atoms with van der Waals surface area (Å²) in [7, 11) is 0. The quantitative estimate of drug-likeness (QED) is 0.0406. The van der Waals surface area contributed by atoms with E-state index in [1.165, 1.54) is 262 Å². The first-order valence-electron chi connectivity index (χ1n) is 44.8. The van der Waals surface area contributed by atoms with E-state index in [0.717, 1.165) is 64.5 Å². The molecule has 0 spiro atoms. The van der Waals surface area contributed by atoms with Crippen LogP contribution in [0.1, 0.15) is 265 Å². The van der Waals surface area contributed by atoms with Gasteiger partial charge in [-0.3, -0.25) is 0 Å². The summed E-state index contributed by atoms with van der Waals surface area (Å²) in [4.78, 5) is 2.73. The van der Waals surface area contributed by atoms with E-state index in [-0.39, 0.29) is 10.8 Å². The standard InChI is InChI=1S/C113H113NO2/c1-8-12-16-20-42-66-110(67-43-21-17-13-9-2)92-57-39-36-54-86(92)105-107(110)106-103(104-89-56-38-41-59-99(89)116-109(104)105)87-63-61-83(72-94(87)111(106,68-44-22-18-14-10-3)69-45-23-19-15-11-4)114(108-77(6)70-76(5)71-78(108)7)84-60-62-85-90-74-97-91(75-96(90)113(95(85)73-84,81-50-32-26-33-51-81)82-52-34-27-35-53-82)101-93(64-65-100-102(101)88-55-37-40-58-98(88)115-100)112(97,79-46-28-24-29-47-79)80-48-30-25-31-49-80/h24-41,46-65,70-75H,8-23,42-45,66-69H2,1-7H3. The minimum atomic E-state index is -0.780. The molecule has 116 heavy (non-hydrogen) atoms. The Kier molecular flexibility index (Phi) is 20.4. The summed E-state index contributed by atoms with van der Waals surface area (Å²) in [6, 6.07) is 104. The van der Waals surface area contributed by atoms with E-state index in [9.17, 15) is 0 Å². The fourth-order valence-electron chi connectivity index (χ4n) is 23.4. The Morgan fingerprint density at radius 2 is 0.681 bits per heavy atom.